The molecule has 9 heteroatoms. The van der Waals surface area contributed by atoms with Gasteiger partial charge in [0.1, 0.15) is 13.2 Å². The zero-order valence-corrected chi connectivity index (χ0v) is 51.6. The van der Waals surface area contributed by atoms with Gasteiger partial charge in [-0.25, -0.2) is 4.79 Å². The van der Waals surface area contributed by atoms with Gasteiger partial charge in [0, 0.05) is 12.8 Å². The standard InChI is InChI=1S/C72H113NO8/c1-6-8-10-12-14-16-18-20-22-24-26-28-29-30-31-32-33-34-35-36-37-38-39-40-41-43-45-47-49-51-53-55-57-59-61-63-70(75)81-68(67-80-72(71(76)77)78-65-64-73(3,4)5)66-79-69(74)62-60-58-56-54-52-50-48-46-44-42-27-25-23-21-19-17-15-13-11-9-7-2/h8-11,14-17,20-23,26-28,30-31,33-34,36-37,39-40,42-43,45,49,51,68,72H,6-7,12-13,18-19,24-25,29,32,35,38,41,44,46-48,50,52-67H2,1-5H3/p+1/b10-8-,11-9-,16-14-,17-15-,22-20-,23-21-,28-26-,31-30-,34-33-,37-36-,40-39-,42-27-,45-43-,51-49-. The Hall–Kier alpha value is -5.35. The average Bonchev–Trinajstić information content (AvgIpc) is 3.44. The van der Waals surface area contributed by atoms with Crippen molar-refractivity contribution in [3.05, 3.63) is 170 Å². The molecule has 0 rings (SSSR count). The molecule has 454 valence electrons. The molecule has 0 aromatic carbocycles. The molecule has 1 N–H and O–H groups in total. The third-order valence-electron chi connectivity index (χ3n) is 12.5. The number of allylic oxidation sites excluding steroid dienone is 28. The average molecular weight is 1120 g/mol. The van der Waals surface area contributed by atoms with E-state index in [1.54, 1.807) is 0 Å². The van der Waals surface area contributed by atoms with Crippen LogP contribution in [0.3, 0.4) is 0 Å². The number of hydrogen-bond donors (Lipinski definition) is 1. The van der Waals surface area contributed by atoms with Gasteiger partial charge in [-0.15, -0.1) is 0 Å². The highest BCUT2D eigenvalue weighted by Crippen LogP contribution is 2.14. The Bertz CT molecular complexity index is 1930. The second-order valence-electron chi connectivity index (χ2n) is 21.2. The number of carbonyl (C=O) groups is 3. The van der Waals surface area contributed by atoms with Crippen molar-refractivity contribution >= 4 is 17.9 Å². The molecular formula is C72H114NO8+. The molecule has 0 aliphatic rings. The van der Waals surface area contributed by atoms with Gasteiger partial charge in [-0.1, -0.05) is 235 Å². The number of unbranched alkanes of at least 4 members (excludes halogenated alkanes) is 12. The summed E-state index contributed by atoms with van der Waals surface area (Å²) in [4.78, 5) is 37.5. The molecule has 0 heterocycles. The van der Waals surface area contributed by atoms with Gasteiger partial charge in [0.05, 0.1) is 34.4 Å². The molecular weight excluding hydrogens is 1010 g/mol. The van der Waals surface area contributed by atoms with Gasteiger partial charge in [-0.05, 0) is 128 Å². The topological polar surface area (TPSA) is 108 Å². The van der Waals surface area contributed by atoms with Gasteiger partial charge in [0.15, 0.2) is 6.10 Å². The first-order chi connectivity index (χ1) is 39.6. The van der Waals surface area contributed by atoms with Gasteiger partial charge in [-0.3, -0.25) is 9.59 Å². The van der Waals surface area contributed by atoms with Crippen LogP contribution in [0.15, 0.2) is 170 Å². The van der Waals surface area contributed by atoms with Gasteiger partial charge in [0.25, 0.3) is 6.29 Å². The highest BCUT2D eigenvalue weighted by Gasteiger charge is 2.25. The smallest absolute Gasteiger partial charge is 0.361 e. The molecule has 0 fully saturated rings. The summed E-state index contributed by atoms with van der Waals surface area (Å²) < 4.78 is 22.9. The fourth-order valence-corrected chi connectivity index (χ4v) is 7.74. The number of hydrogen-bond acceptors (Lipinski definition) is 7. The van der Waals surface area contributed by atoms with Gasteiger partial charge in [0.2, 0.25) is 0 Å². The molecule has 2 atom stereocenters. The minimum absolute atomic E-state index is 0.171. The second kappa shape index (κ2) is 60.7. The molecule has 0 aliphatic heterocycles. The van der Waals surface area contributed by atoms with E-state index in [-0.39, 0.29) is 38.6 Å². The first-order valence-electron chi connectivity index (χ1n) is 31.3. The molecule has 9 nitrogen and oxygen atoms in total. The van der Waals surface area contributed by atoms with Crippen molar-refractivity contribution in [3.8, 4) is 0 Å². The summed E-state index contributed by atoms with van der Waals surface area (Å²) in [5, 5.41) is 9.72. The Kier molecular flexibility index (Phi) is 56.7. The summed E-state index contributed by atoms with van der Waals surface area (Å²) in [6.45, 7) is 4.58. The van der Waals surface area contributed by atoms with Crippen LogP contribution in [0.2, 0.25) is 0 Å². The van der Waals surface area contributed by atoms with Crippen LogP contribution < -0.4 is 0 Å². The maximum Gasteiger partial charge on any atom is 0.361 e. The Morgan fingerprint density at radius 2 is 0.667 bits per heavy atom. The van der Waals surface area contributed by atoms with Crippen LogP contribution in [-0.4, -0.2) is 87.4 Å². The van der Waals surface area contributed by atoms with Crippen LogP contribution in [-0.2, 0) is 33.3 Å². The van der Waals surface area contributed by atoms with E-state index < -0.39 is 24.3 Å². The third-order valence-corrected chi connectivity index (χ3v) is 12.5. The number of carboxylic acid groups (broad SMARTS) is 1. The molecule has 0 aromatic heterocycles. The van der Waals surface area contributed by atoms with E-state index >= 15 is 0 Å². The lowest BCUT2D eigenvalue weighted by Crippen LogP contribution is -2.40. The minimum atomic E-state index is -1.53. The normalized spacial score (nSPS) is 13.9. The maximum atomic E-state index is 12.9. The zero-order valence-electron chi connectivity index (χ0n) is 51.6. The van der Waals surface area contributed by atoms with E-state index in [1.165, 1.54) is 25.7 Å². The van der Waals surface area contributed by atoms with Crippen molar-refractivity contribution in [3.63, 3.8) is 0 Å². The predicted octanol–water partition coefficient (Wildman–Crippen LogP) is 19.1. The van der Waals surface area contributed by atoms with Crippen LogP contribution in [0.25, 0.3) is 0 Å². The van der Waals surface area contributed by atoms with E-state index in [2.05, 4.69) is 184 Å². The molecule has 0 radical (unpaired) electrons. The summed E-state index contributed by atoms with van der Waals surface area (Å²) >= 11 is 0. The van der Waals surface area contributed by atoms with E-state index in [1.807, 2.05) is 21.1 Å². The van der Waals surface area contributed by atoms with E-state index in [0.717, 1.165) is 148 Å². The quantitative estimate of drug-likeness (QED) is 0.0211. The summed E-state index contributed by atoms with van der Waals surface area (Å²) in [7, 11) is 5.94. The van der Waals surface area contributed by atoms with Gasteiger partial charge >= 0.3 is 17.9 Å². The van der Waals surface area contributed by atoms with Crippen molar-refractivity contribution in [1.29, 1.82) is 0 Å². The number of likely N-dealkylation sites (N-methyl/N-ethyl adjacent to an activating group) is 1. The Morgan fingerprint density at radius 1 is 0.370 bits per heavy atom. The molecule has 0 spiro atoms. The number of quaternary nitrogens is 1. The molecule has 0 saturated carbocycles. The van der Waals surface area contributed by atoms with Crippen LogP contribution in [0, 0.1) is 0 Å². The van der Waals surface area contributed by atoms with Crippen molar-refractivity contribution < 1.29 is 42.9 Å². The van der Waals surface area contributed by atoms with Crippen molar-refractivity contribution in [2.24, 2.45) is 0 Å². The number of esters is 2. The largest absolute Gasteiger partial charge is 0.477 e. The van der Waals surface area contributed by atoms with E-state index in [9.17, 15) is 19.5 Å². The van der Waals surface area contributed by atoms with Crippen LogP contribution >= 0.6 is 0 Å². The fourth-order valence-electron chi connectivity index (χ4n) is 7.74. The Labute approximate surface area is 495 Å². The molecule has 0 aromatic rings. The SMILES string of the molecule is CC/C=C\C/C=C\C/C=C\C/C=C\C/C=C\C/C=C\C/C=C\C/C=C\C/C=C\C/C=C\CCCCCCC(=O)OC(COC(=O)CCCCCCCCCC/C=C\C/C=C\C/C=C\C/C=C\CC)COC(OCC[N+](C)(C)C)C(=O)O. The first kappa shape index (κ1) is 75.7. The maximum absolute atomic E-state index is 12.9. The number of carboxylic acids is 1. The molecule has 0 bridgehead atoms. The highest BCUT2D eigenvalue weighted by molar-refractivity contribution is 5.71. The van der Waals surface area contributed by atoms with E-state index in [4.69, 9.17) is 18.9 Å². The number of rotatable bonds is 55. The Morgan fingerprint density at radius 3 is 0.988 bits per heavy atom. The van der Waals surface area contributed by atoms with Crippen molar-refractivity contribution in [2.45, 2.75) is 219 Å². The highest BCUT2D eigenvalue weighted by atomic mass is 16.7. The summed E-state index contributed by atoms with van der Waals surface area (Å²) in [6.07, 6.45) is 88.6. The van der Waals surface area contributed by atoms with Crippen molar-refractivity contribution in [1.82, 2.24) is 0 Å². The molecule has 0 amide bonds. The molecule has 0 aliphatic carbocycles. The third kappa shape index (κ3) is 62.1. The Balaban J connectivity index is 4.33. The first-order valence-corrected chi connectivity index (χ1v) is 31.3. The van der Waals surface area contributed by atoms with Crippen LogP contribution in [0.4, 0.5) is 0 Å². The molecule has 81 heavy (non-hydrogen) atoms. The molecule has 0 saturated heterocycles. The minimum Gasteiger partial charge on any atom is -0.477 e. The second-order valence-corrected chi connectivity index (χ2v) is 21.2. The number of aliphatic carboxylic acids is 1. The lowest BCUT2D eigenvalue weighted by atomic mass is 10.1. The summed E-state index contributed by atoms with van der Waals surface area (Å²) in [5.41, 5.74) is 0. The fraction of sp³-hybridized carbons (Fsp3) is 0.569. The van der Waals surface area contributed by atoms with Crippen molar-refractivity contribution in [2.75, 3.05) is 47.5 Å². The summed E-state index contributed by atoms with van der Waals surface area (Å²) in [5.74, 6) is -2.07. The molecule has 2 unspecified atom stereocenters. The van der Waals surface area contributed by atoms with Gasteiger partial charge in [-0.2, -0.15) is 0 Å². The van der Waals surface area contributed by atoms with Crippen LogP contribution in [0.1, 0.15) is 206 Å². The van der Waals surface area contributed by atoms with Crippen LogP contribution in [0.5, 0.6) is 0 Å². The van der Waals surface area contributed by atoms with Gasteiger partial charge < -0.3 is 28.5 Å². The zero-order chi connectivity index (χ0) is 59.1. The number of nitrogens with zero attached hydrogens (tertiary/aromatic N) is 1. The monoisotopic (exact) mass is 1120 g/mol. The lowest BCUT2D eigenvalue weighted by Gasteiger charge is -2.25. The summed E-state index contributed by atoms with van der Waals surface area (Å²) in [6, 6.07) is 0. The lowest BCUT2D eigenvalue weighted by molar-refractivity contribution is -0.870. The number of ether oxygens (including phenoxy) is 4. The van der Waals surface area contributed by atoms with E-state index in [0.29, 0.717) is 17.4 Å². The predicted molar refractivity (Wildman–Crippen MR) is 345 cm³/mol. The number of carbonyl (C=O) groups excluding carboxylic acids is 2.